The number of hydrogen-bond donors (Lipinski definition) is 2. The minimum atomic E-state index is -0.670. The average molecular weight is 397 g/mol. The molecule has 8 nitrogen and oxygen atoms in total. The number of likely N-dealkylation sites (tertiary alicyclic amines) is 1. The molecule has 0 saturated carbocycles. The van der Waals surface area contributed by atoms with E-state index in [0.29, 0.717) is 51.4 Å². The van der Waals surface area contributed by atoms with E-state index in [4.69, 9.17) is 4.74 Å². The molecule has 154 valence electrons. The van der Waals surface area contributed by atoms with Gasteiger partial charge < -0.3 is 20.3 Å². The lowest BCUT2D eigenvalue weighted by Gasteiger charge is -2.44. The molecule has 29 heavy (non-hydrogen) atoms. The van der Waals surface area contributed by atoms with Crippen LogP contribution in [0, 0.1) is 6.92 Å². The summed E-state index contributed by atoms with van der Waals surface area (Å²) in [6.45, 7) is 6.54. The number of nitrogens with zero attached hydrogens (tertiary/aromatic N) is 3. The van der Waals surface area contributed by atoms with Gasteiger partial charge in [0, 0.05) is 19.7 Å². The van der Waals surface area contributed by atoms with Crippen molar-refractivity contribution in [3.8, 4) is 0 Å². The summed E-state index contributed by atoms with van der Waals surface area (Å²) in [4.78, 5) is 27.7. The first-order valence-corrected chi connectivity index (χ1v) is 10.1. The highest BCUT2D eigenvalue weighted by atomic mass is 16.5. The zero-order valence-electron chi connectivity index (χ0n) is 16.9. The van der Waals surface area contributed by atoms with Crippen molar-refractivity contribution in [2.45, 2.75) is 38.8 Å². The van der Waals surface area contributed by atoms with Crippen molar-refractivity contribution >= 4 is 23.2 Å². The van der Waals surface area contributed by atoms with Gasteiger partial charge in [-0.25, -0.2) is 0 Å². The Morgan fingerprint density at radius 3 is 2.69 bits per heavy atom. The van der Waals surface area contributed by atoms with Gasteiger partial charge in [0.05, 0.1) is 30.2 Å². The number of carbonyl (C=O) groups is 2. The van der Waals surface area contributed by atoms with E-state index in [1.54, 1.807) is 4.68 Å². The number of aromatic nitrogens is 2. The molecule has 2 aromatic rings. The van der Waals surface area contributed by atoms with Crippen molar-refractivity contribution in [1.82, 2.24) is 14.7 Å². The third-order valence-electron chi connectivity index (χ3n) is 5.66. The number of amides is 2. The van der Waals surface area contributed by atoms with Gasteiger partial charge in [0.2, 0.25) is 5.91 Å². The number of piperidine rings is 1. The summed E-state index contributed by atoms with van der Waals surface area (Å²) >= 11 is 0. The molecule has 1 aromatic heterocycles. The standard InChI is InChI=1S/C21H27N5O3/c1-3-29-13-12-26-18(14-15(2)24-26)19(27)25-10-8-21(9-11-25)20(28)22-16-6-4-5-7-17(16)23-21/h4-7,14,23H,3,8-13H2,1-2H3,(H,22,28). The first-order chi connectivity index (χ1) is 14.0. The number of ether oxygens (including phenoxy) is 1. The molecule has 1 fully saturated rings. The Labute approximate surface area is 170 Å². The highest BCUT2D eigenvalue weighted by Crippen LogP contribution is 2.36. The fraction of sp³-hybridized carbons (Fsp3) is 0.476. The van der Waals surface area contributed by atoms with Gasteiger partial charge in [-0.1, -0.05) is 12.1 Å². The molecule has 1 aromatic carbocycles. The molecular weight excluding hydrogens is 370 g/mol. The van der Waals surface area contributed by atoms with Crippen LogP contribution in [0.5, 0.6) is 0 Å². The number of carbonyl (C=O) groups excluding carboxylic acids is 2. The molecule has 2 amide bonds. The Morgan fingerprint density at radius 1 is 1.24 bits per heavy atom. The number of rotatable bonds is 5. The Bertz CT molecular complexity index is 915. The summed E-state index contributed by atoms with van der Waals surface area (Å²) in [5.41, 5.74) is 2.44. The molecule has 2 aliphatic rings. The van der Waals surface area contributed by atoms with E-state index >= 15 is 0 Å². The quantitative estimate of drug-likeness (QED) is 0.756. The normalized spacial score (nSPS) is 17.6. The van der Waals surface area contributed by atoms with Crippen LogP contribution in [0.3, 0.4) is 0 Å². The molecule has 0 radical (unpaired) electrons. The van der Waals surface area contributed by atoms with Crippen molar-refractivity contribution in [3.05, 3.63) is 41.7 Å². The maximum atomic E-state index is 13.1. The third-order valence-corrected chi connectivity index (χ3v) is 5.66. The molecule has 0 aliphatic carbocycles. The van der Waals surface area contributed by atoms with Crippen molar-refractivity contribution in [1.29, 1.82) is 0 Å². The van der Waals surface area contributed by atoms with Crippen LogP contribution in [0.25, 0.3) is 0 Å². The van der Waals surface area contributed by atoms with E-state index in [1.165, 1.54) is 0 Å². The second kappa shape index (κ2) is 7.87. The van der Waals surface area contributed by atoms with E-state index in [1.807, 2.05) is 49.1 Å². The molecule has 0 unspecified atom stereocenters. The number of benzene rings is 1. The lowest BCUT2D eigenvalue weighted by Crippen LogP contribution is -2.59. The molecule has 0 bridgehead atoms. The van der Waals surface area contributed by atoms with Crippen LogP contribution in [0.1, 0.15) is 35.9 Å². The molecule has 1 saturated heterocycles. The monoisotopic (exact) mass is 397 g/mol. The highest BCUT2D eigenvalue weighted by Gasteiger charge is 2.45. The molecule has 3 heterocycles. The average Bonchev–Trinajstić information content (AvgIpc) is 3.09. The van der Waals surface area contributed by atoms with Crippen molar-refractivity contribution in [2.75, 3.05) is 36.9 Å². The zero-order chi connectivity index (χ0) is 20.4. The van der Waals surface area contributed by atoms with Crippen LogP contribution < -0.4 is 10.6 Å². The summed E-state index contributed by atoms with van der Waals surface area (Å²) in [7, 11) is 0. The van der Waals surface area contributed by atoms with E-state index < -0.39 is 5.54 Å². The van der Waals surface area contributed by atoms with Crippen LogP contribution in [0.2, 0.25) is 0 Å². The SMILES string of the molecule is CCOCCn1nc(C)cc1C(=O)N1CCC2(CC1)Nc1ccccc1NC2=O. The molecule has 2 N–H and O–H groups in total. The van der Waals surface area contributed by atoms with Crippen LogP contribution in [-0.2, 0) is 16.1 Å². The van der Waals surface area contributed by atoms with Gasteiger partial charge in [0.25, 0.3) is 5.91 Å². The fourth-order valence-corrected chi connectivity index (χ4v) is 4.05. The van der Waals surface area contributed by atoms with Gasteiger partial charge in [-0.3, -0.25) is 14.3 Å². The lowest BCUT2D eigenvalue weighted by atomic mass is 9.84. The smallest absolute Gasteiger partial charge is 0.272 e. The summed E-state index contributed by atoms with van der Waals surface area (Å²) in [5.74, 6) is -0.0746. The summed E-state index contributed by atoms with van der Waals surface area (Å²) < 4.78 is 7.13. The highest BCUT2D eigenvalue weighted by molar-refractivity contribution is 6.06. The number of fused-ring (bicyclic) bond motifs is 1. The minimum absolute atomic E-state index is 0.0269. The predicted octanol–water partition coefficient (Wildman–Crippen LogP) is 2.27. The summed E-state index contributed by atoms with van der Waals surface area (Å²) in [5, 5.41) is 10.9. The van der Waals surface area contributed by atoms with Crippen LogP contribution in [0.15, 0.2) is 30.3 Å². The molecule has 8 heteroatoms. The van der Waals surface area contributed by atoms with E-state index in [9.17, 15) is 9.59 Å². The van der Waals surface area contributed by atoms with Gasteiger partial charge in [-0.2, -0.15) is 5.10 Å². The predicted molar refractivity (Wildman–Crippen MR) is 110 cm³/mol. The number of hydrogen-bond acceptors (Lipinski definition) is 5. The third kappa shape index (κ3) is 3.72. The lowest BCUT2D eigenvalue weighted by molar-refractivity contribution is -0.122. The van der Waals surface area contributed by atoms with Crippen LogP contribution >= 0.6 is 0 Å². The number of aryl methyl sites for hydroxylation is 1. The second-order valence-corrected chi connectivity index (χ2v) is 7.59. The Hall–Kier alpha value is -2.87. The van der Waals surface area contributed by atoms with Crippen molar-refractivity contribution in [3.63, 3.8) is 0 Å². The minimum Gasteiger partial charge on any atom is -0.380 e. The molecule has 1 spiro atoms. The van der Waals surface area contributed by atoms with Gasteiger partial charge in [-0.15, -0.1) is 0 Å². The first kappa shape index (κ1) is 19.4. The molecule has 0 atom stereocenters. The van der Waals surface area contributed by atoms with Crippen molar-refractivity contribution in [2.24, 2.45) is 0 Å². The maximum absolute atomic E-state index is 13.1. The zero-order valence-corrected chi connectivity index (χ0v) is 16.9. The summed E-state index contributed by atoms with van der Waals surface area (Å²) in [6, 6.07) is 9.52. The largest absolute Gasteiger partial charge is 0.380 e. The van der Waals surface area contributed by atoms with E-state index in [2.05, 4.69) is 15.7 Å². The van der Waals surface area contributed by atoms with E-state index in [0.717, 1.165) is 17.1 Å². The van der Waals surface area contributed by atoms with Crippen LogP contribution in [0.4, 0.5) is 11.4 Å². The van der Waals surface area contributed by atoms with Gasteiger partial charge in [0.1, 0.15) is 11.2 Å². The topological polar surface area (TPSA) is 88.5 Å². The Balaban J connectivity index is 1.45. The second-order valence-electron chi connectivity index (χ2n) is 7.59. The van der Waals surface area contributed by atoms with E-state index in [-0.39, 0.29) is 11.8 Å². The fourth-order valence-electron chi connectivity index (χ4n) is 4.05. The first-order valence-electron chi connectivity index (χ1n) is 10.1. The number of nitrogens with one attached hydrogen (secondary N) is 2. The van der Waals surface area contributed by atoms with Crippen LogP contribution in [-0.4, -0.2) is 58.3 Å². The van der Waals surface area contributed by atoms with Gasteiger partial charge in [0.15, 0.2) is 0 Å². The Morgan fingerprint density at radius 2 is 1.97 bits per heavy atom. The maximum Gasteiger partial charge on any atom is 0.272 e. The van der Waals surface area contributed by atoms with Gasteiger partial charge in [-0.05, 0) is 44.9 Å². The number of anilines is 2. The van der Waals surface area contributed by atoms with Crippen molar-refractivity contribution < 1.29 is 14.3 Å². The molecule has 4 rings (SSSR count). The summed E-state index contributed by atoms with van der Waals surface area (Å²) in [6.07, 6.45) is 1.12. The molecular formula is C21H27N5O3. The Kier molecular flexibility index (Phi) is 5.27. The van der Waals surface area contributed by atoms with Gasteiger partial charge >= 0.3 is 0 Å². The number of para-hydroxylation sites is 2. The molecule has 2 aliphatic heterocycles.